The molecule has 8 bridgehead atoms. The van der Waals surface area contributed by atoms with E-state index in [-0.39, 0.29) is 36.6 Å². The van der Waals surface area contributed by atoms with Gasteiger partial charge in [0.25, 0.3) is 0 Å². The molecule has 2 aliphatic heterocycles. The van der Waals surface area contributed by atoms with E-state index in [0.717, 1.165) is 64.4 Å². The first-order chi connectivity index (χ1) is 31.1. The number of carbonyl (C=O) groups excluding carboxylic acids is 4. The van der Waals surface area contributed by atoms with Gasteiger partial charge in [-0.3, -0.25) is 24.2 Å². The van der Waals surface area contributed by atoms with Crippen LogP contribution < -0.4 is 0 Å². The summed E-state index contributed by atoms with van der Waals surface area (Å²) in [6.45, 7) is 23.7. The van der Waals surface area contributed by atoms with Crippen LogP contribution in [0.15, 0.2) is 36.4 Å². The Morgan fingerprint density at radius 2 is 1.54 bits per heavy atom. The fourth-order valence-corrected chi connectivity index (χ4v) is 10.2. The van der Waals surface area contributed by atoms with Gasteiger partial charge in [0.05, 0.1) is 29.7 Å². The van der Waals surface area contributed by atoms with Gasteiger partial charge in [0.15, 0.2) is 12.1 Å². The molecule has 0 unspecified atom stereocenters. The molecule has 0 amide bonds. The molecule has 0 spiro atoms. The number of ether oxygens (including phenoxy) is 2. The smallest absolute Gasteiger partial charge is 0.321 e. The van der Waals surface area contributed by atoms with Crippen molar-refractivity contribution < 1.29 is 28.7 Å². The van der Waals surface area contributed by atoms with Gasteiger partial charge in [-0.25, -0.2) is 4.98 Å². The number of ketones is 1. The summed E-state index contributed by atoms with van der Waals surface area (Å²) >= 11 is 0. The zero-order valence-electron chi connectivity index (χ0n) is 40.7. The SMILES string of the molecule is C=Cc1c(C)c2cc3nc(c4c5[nH]c(cc6nc(cc1[nH]2)C(C=O)=C6CC)c(C)c5C(=O)[C@@H]4C(=O)OC)[C@@H](CCC(=O)OC/C=C(\C)CCC[C@H](C)CCC[C@H](C)CCCC(C)C)[C@@H]3C. The van der Waals surface area contributed by atoms with E-state index in [1.54, 1.807) is 6.08 Å². The summed E-state index contributed by atoms with van der Waals surface area (Å²) in [7, 11) is 1.28. The Hall–Kier alpha value is -5.38. The van der Waals surface area contributed by atoms with Crippen LogP contribution in [-0.2, 0) is 23.9 Å². The van der Waals surface area contributed by atoms with Gasteiger partial charge in [0, 0.05) is 62.8 Å². The average molecular weight is 885 g/mol. The monoisotopic (exact) mass is 885 g/mol. The van der Waals surface area contributed by atoms with E-state index in [0.29, 0.717) is 69.1 Å². The Morgan fingerprint density at radius 3 is 2.18 bits per heavy atom. The van der Waals surface area contributed by atoms with Gasteiger partial charge in [-0.2, -0.15) is 0 Å². The standard InChI is InChI=1S/C55H72N4O6/c1-12-38-35(8)42-27-43-36(9)40(23-24-48(61)65-26-25-34(7)22-16-21-33(6)20-15-19-32(5)18-14-17-31(3)4)52(58-43)50-51(55(63)64-11)54(62)49-37(10)44(59-53(49)50)28-46-39(13-2)41(30-60)47(57-46)29-45(38)56-42/h12,25,27-33,36,40,51,56,59H,1,13-24,26H2,2-11H3/b34-25+,42-27?,43-27?,44-28?,45-29?,46-28?,47-29?,52-50?/t32-,33-,36+,40+,51-/m1/s1. The maximum Gasteiger partial charge on any atom is 0.321 e. The maximum absolute atomic E-state index is 14.4. The lowest BCUT2D eigenvalue weighted by molar-refractivity contribution is -0.143. The number of methoxy groups -OCH3 is 1. The van der Waals surface area contributed by atoms with Gasteiger partial charge >= 0.3 is 11.9 Å². The molecule has 65 heavy (non-hydrogen) atoms. The molecule has 0 saturated carbocycles. The predicted octanol–water partition coefficient (Wildman–Crippen LogP) is 13.1. The fourth-order valence-electron chi connectivity index (χ4n) is 10.2. The molecule has 2 N–H and O–H groups in total. The van der Waals surface area contributed by atoms with Crippen LogP contribution in [-0.4, -0.2) is 57.7 Å². The van der Waals surface area contributed by atoms with Crippen LogP contribution in [0.2, 0.25) is 0 Å². The van der Waals surface area contributed by atoms with E-state index >= 15 is 0 Å². The number of aldehydes is 1. The molecular weight excluding hydrogens is 813 g/mol. The number of carbonyl (C=O) groups is 4. The van der Waals surface area contributed by atoms with Crippen molar-refractivity contribution in [2.45, 2.75) is 157 Å². The van der Waals surface area contributed by atoms with E-state index in [9.17, 15) is 19.2 Å². The lowest BCUT2D eigenvalue weighted by Crippen LogP contribution is -2.21. The van der Waals surface area contributed by atoms with Crippen molar-refractivity contribution in [3.05, 3.63) is 87.0 Å². The molecule has 6 rings (SSSR count). The summed E-state index contributed by atoms with van der Waals surface area (Å²) in [5, 5.41) is 0. The number of H-pyrrole nitrogens is 2. The lowest BCUT2D eigenvalue weighted by atomic mass is 9.84. The number of aromatic amines is 2. The van der Waals surface area contributed by atoms with Gasteiger partial charge in [0.1, 0.15) is 12.5 Å². The Morgan fingerprint density at radius 1 is 0.877 bits per heavy atom. The van der Waals surface area contributed by atoms with Crippen molar-refractivity contribution in [3.63, 3.8) is 0 Å². The second-order valence-corrected chi connectivity index (χ2v) is 19.5. The molecule has 0 saturated heterocycles. The number of allylic oxidation sites excluding steroid dienone is 3. The fraction of sp³-hybridized carbons (Fsp3) is 0.527. The molecule has 10 nitrogen and oxygen atoms in total. The van der Waals surface area contributed by atoms with Crippen LogP contribution in [0.1, 0.15) is 199 Å². The van der Waals surface area contributed by atoms with Crippen LogP contribution in [0, 0.1) is 31.6 Å². The summed E-state index contributed by atoms with van der Waals surface area (Å²) < 4.78 is 11.0. The van der Waals surface area contributed by atoms with E-state index in [2.05, 4.69) is 58.1 Å². The number of hydrogen-bond donors (Lipinski definition) is 2. The van der Waals surface area contributed by atoms with Crippen molar-refractivity contribution in [3.8, 4) is 0 Å². The van der Waals surface area contributed by atoms with Crippen LogP contribution in [0.3, 0.4) is 0 Å². The average Bonchev–Trinajstić information content (AvgIpc) is 4.02. The molecule has 10 heteroatoms. The first-order valence-corrected chi connectivity index (χ1v) is 24.1. The molecular formula is C55H72N4O6. The highest BCUT2D eigenvalue weighted by atomic mass is 16.5. The third kappa shape index (κ3) is 10.8. The molecule has 3 aliphatic rings. The van der Waals surface area contributed by atoms with Crippen molar-refractivity contribution in [1.29, 1.82) is 0 Å². The van der Waals surface area contributed by atoms with Crippen molar-refractivity contribution in [1.82, 2.24) is 19.9 Å². The predicted molar refractivity (Wildman–Crippen MR) is 263 cm³/mol. The summed E-state index contributed by atoms with van der Waals surface area (Å²) in [5.74, 6) is -0.790. The second kappa shape index (κ2) is 21.7. The number of Topliss-reactive ketones (excluding diaryl/α,β-unsaturated/α-hetero) is 1. The maximum atomic E-state index is 14.4. The Bertz CT molecular complexity index is 2530. The van der Waals surface area contributed by atoms with E-state index in [4.69, 9.17) is 19.4 Å². The highest BCUT2D eigenvalue weighted by Crippen LogP contribution is 2.48. The number of rotatable bonds is 21. The van der Waals surface area contributed by atoms with E-state index < -0.39 is 11.9 Å². The normalized spacial score (nSPS) is 18.0. The third-order valence-corrected chi connectivity index (χ3v) is 14.3. The van der Waals surface area contributed by atoms with Gasteiger partial charge in [-0.15, -0.1) is 0 Å². The minimum absolute atomic E-state index is 0.132. The first-order valence-electron chi connectivity index (χ1n) is 24.1. The van der Waals surface area contributed by atoms with Crippen LogP contribution in [0.5, 0.6) is 0 Å². The van der Waals surface area contributed by atoms with Gasteiger partial charge < -0.3 is 19.4 Å². The molecule has 5 heterocycles. The highest BCUT2D eigenvalue weighted by molar-refractivity contribution is 6.24. The molecule has 3 aromatic heterocycles. The first kappa shape index (κ1) is 49.1. The minimum atomic E-state index is -1.23. The molecule has 0 fully saturated rings. The van der Waals surface area contributed by atoms with Gasteiger partial charge in [0.2, 0.25) is 0 Å². The van der Waals surface area contributed by atoms with Crippen molar-refractivity contribution in [2.24, 2.45) is 17.8 Å². The Labute approximate surface area is 386 Å². The summed E-state index contributed by atoms with van der Waals surface area (Å²) in [6.07, 6.45) is 17.0. The molecule has 3 aromatic rings. The number of aryl methyl sites for hydroxylation is 2. The summed E-state index contributed by atoms with van der Waals surface area (Å²) in [5.41, 5.74) is 11.0. The Balaban J connectivity index is 1.25. The van der Waals surface area contributed by atoms with E-state index in [1.807, 2.05) is 45.0 Å². The summed E-state index contributed by atoms with van der Waals surface area (Å²) in [6, 6.07) is 5.74. The quantitative estimate of drug-likeness (QED) is 0.0466. The minimum Gasteiger partial charge on any atom is -0.468 e. The lowest BCUT2D eigenvalue weighted by Gasteiger charge is -2.18. The topological polar surface area (TPSA) is 144 Å². The molecule has 1 aliphatic carbocycles. The van der Waals surface area contributed by atoms with Crippen LogP contribution in [0.25, 0.3) is 39.3 Å². The van der Waals surface area contributed by atoms with Gasteiger partial charge in [-0.05, 0) is 105 Å². The molecule has 0 aromatic carbocycles. The molecule has 5 atom stereocenters. The number of nitrogens with one attached hydrogen (secondary N) is 2. The van der Waals surface area contributed by atoms with E-state index in [1.165, 1.54) is 57.6 Å². The highest BCUT2D eigenvalue weighted by Gasteiger charge is 2.45. The largest absolute Gasteiger partial charge is 0.468 e. The molecule has 348 valence electrons. The second-order valence-electron chi connectivity index (χ2n) is 19.5. The number of esters is 2. The third-order valence-electron chi connectivity index (χ3n) is 14.3. The molecule has 0 radical (unpaired) electrons. The number of aromatic nitrogens is 4. The van der Waals surface area contributed by atoms with Crippen LogP contribution >= 0.6 is 0 Å². The zero-order valence-corrected chi connectivity index (χ0v) is 40.7. The van der Waals surface area contributed by atoms with Crippen LogP contribution in [0.4, 0.5) is 0 Å². The number of hydrogen-bond acceptors (Lipinski definition) is 8. The Kier molecular flexibility index (Phi) is 16.4. The van der Waals surface area contributed by atoms with Crippen molar-refractivity contribution in [2.75, 3.05) is 13.7 Å². The van der Waals surface area contributed by atoms with Gasteiger partial charge in [-0.1, -0.05) is 105 Å². The van der Waals surface area contributed by atoms with Crippen molar-refractivity contribution >= 4 is 63.3 Å². The summed E-state index contributed by atoms with van der Waals surface area (Å²) in [4.78, 5) is 71.2. The number of nitrogens with zero attached hydrogens (tertiary/aromatic N) is 2. The number of fused-ring (bicyclic) bond motifs is 8. The zero-order chi connectivity index (χ0) is 47.1.